The standard InChI is InChI=1S/C11H12ClFN2O2/c12-8-3-6(1-2-9(8)13)15-11(17)10-4-7(16)5-14-10/h1-3,7,10,14,16H,4-5H2,(H,15,17)/t7-,10-/m0/s1. The Balaban J connectivity index is 2.00. The maximum Gasteiger partial charge on any atom is 0.241 e. The summed E-state index contributed by atoms with van der Waals surface area (Å²) in [4.78, 5) is 11.7. The van der Waals surface area contributed by atoms with Crippen LogP contribution < -0.4 is 10.6 Å². The van der Waals surface area contributed by atoms with E-state index in [1.165, 1.54) is 18.2 Å². The molecule has 4 nitrogen and oxygen atoms in total. The van der Waals surface area contributed by atoms with E-state index in [0.29, 0.717) is 18.7 Å². The van der Waals surface area contributed by atoms with Gasteiger partial charge < -0.3 is 15.7 Å². The van der Waals surface area contributed by atoms with Crippen molar-refractivity contribution in [2.24, 2.45) is 0 Å². The van der Waals surface area contributed by atoms with Gasteiger partial charge in [0.05, 0.1) is 17.2 Å². The fraction of sp³-hybridized carbons (Fsp3) is 0.364. The molecule has 3 N–H and O–H groups in total. The Kier molecular flexibility index (Phi) is 3.61. The number of β-amino-alcohol motifs (C(OH)–C–C–N with tert-alkyl or cyclic N) is 1. The normalized spacial score (nSPS) is 23.7. The zero-order valence-corrected chi connectivity index (χ0v) is 9.67. The van der Waals surface area contributed by atoms with Crippen LogP contribution in [0.5, 0.6) is 0 Å². The highest BCUT2D eigenvalue weighted by Crippen LogP contribution is 2.20. The van der Waals surface area contributed by atoms with E-state index >= 15 is 0 Å². The van der Waals surface area contributed by atoms with Crippen LogP contribution in [0.25, 0.3) is 0 Å². The lowest BCUT2D eigenvalue weighted by Gasteiger charge is -2.11. The van der Waals surface area contributed by atoms with Crippen molar-refractivity contribution in [2.45, 2.75) is 18.6 Å². The Labute approximate surface area is 103 Å². The zero-order chi connectivity index (χ0) is 12.4. The summed E-state index contributed by atoms with van der Waals surface area (Å²) < 4.78 is 12.9. The highest BCUT2D eigenvalue weighted by molar-refractivity contribution is 6.31. The smallest absolute Gasteiger partial charge is 0.241 e. The van der Waals surface area contributed by atoms with E-state index in [2.05, 4.69) is 10.6 Å². The quantitative estimate of drug-likeness (QED) is 0.746. The van der Waals surface area contributed by atoms with Gasteiger partial charge in [0.2, 0.25) is 5.91 Å². The minimum absolute atomic E-state index is 0.0396. The van der Waals surface area contributed by atoms with E-state index in [4.69, 9.17) is 11.6 Å². The second-order valence-electron chi connectivity index (χ2n) is 3.97. The minimum atomic E-state index is -0.529. The first-order valence-corrected chi connectivity index (χ1v) is 5.61. The molecule has 6 heteroatoms. The molecule has 1 aliphatic heterocycles. The average Bonchev–Trinajstić information content (AvgIpc) is 2.70. The zero-order valence-electron chi connectivity index (χ0n) is 8.91. The monoisotopic (exact) mass is 258 g/mol. The lowest BCUT2D eigenvalue weighted by atomic mass is 10.2. The lowest BCUT2D eigenvalue weighted by Crippen LogP contribution is -2.35. The van der Waals surface area contributed by atoms with Crippen LogP contribution in [0.1, 0.15) is 6.42 Å². The predicted molar refractivity (Wildman–Crippen MR) is 62.5 cm³/mol. The number of benzene rings is 1. The number of nitrogens with one attached hydrogen (secondary N) is 2. The summed E-state index contributed by atoms with van der Waals surface area (Å²) in [5.41, 5.74) is 0.435. The largest absolute Gasteiger partial charge is 0.392 e. The van der Waals surface area contributed by atoms with Crippen molar-refractivity contribution >= 4 is 23.2 Å². The number of hydrogen-bond acceptors (Lipinski definition) is 3. The molecule has 0 bridgehead atoms. The number of carbonyl (C=O) groups is 1. The Hall–Kier alpha value is -1.17. The molecule has 1 amide bonds. The fourth-order valence-electron chi connectivity index (χ4n) is 1.72. The van der Waals surface area contributed by atoms with Crippen LogP contribution in [-0.4, -0.2) is 29.7 Å². The van der Waals surface area contributed by atoms with Gasteiger partial charge in [0.25, 0.3) is 0 Å². The fourth-order valence-corrected chi connectivity index (χ4v) is 1.90. The Morgan fingerprint density at radius 1 is 1.59 bits per heavy atom. The van der Waals surface area contributed by atoms with E-state index in [9.17, 15) is 14.3 Å². The summed E-state index contributed by atoms with van der Waals surface area (Å²) in [6.07, 6.45) is -0.122. The molecule has 2 atom stereocenters. The van der Waals surface area contributed by atoms with Crippen molar-refractivity contribution in [1.82, 2.24) is 5.32 Å². The number of carbonyl (C=O) groups excluding carboxylic acids is 1. The molecule has 0 spiro atoms. The van der Waals surface area contributed by atoms with E-state index in [1.54, 1.807) is 0 Å². The lowest BCUT2D eigenvalue weighted by molar-refractivity contribution is -0.117. The van der Waals surface area contributed by atoms with Crippen LogP contribution in [0.4, 0.5) is 10.1 Å². The molecule has 0 aromatic heterocycles. The van der Waals surface area contributed by atoms with Crippen LogP contribution in [0, 0.1) is 5.82 Å². The molecule has 1 saturated heterocycles. The molecule has 0 radical (unpaired) electrons. The van der Waals surface area contributed by atoms with Gasteiger partial charge in [-0.25, -0.2) is 4.39 Å². The SMILES string of the molecule is O=C(Nc1ccc(F)c(Cl)c1)[C@@H]1C[C@H](O)CN1. The van der Waals surface area contributed by atoms with Crippen molar-refractivity contribution in [3.05, 3.63) is 29.0 Å². The van der Waals surface area contributed by atoms with Crippen LogP contribution in [0.3, 0.4) is 0 Å². The van der Waals surface area contributed by atoms with Crippen molar-refractivity contribution < 1.29 is 14.3 Å². The van der Waals surface area contributed by atoms with E-state index in [-0.39, 0.29) is 10.9 Å². The summed E-state index contributed by atoms with van der Waals surface area (Å²) in [5.74, 6) is -0.789. The van der Waals surface area contributed by atoms with Gasteiger partial charge in [-0.1, -0.05) is 11.6 Å². The van der Waals surface area contributed by atoms with E-state index in [0.717, 1.165) is 0 Å². The van der Waals surface area contributed by atoms with Crippen molar-refractivity contribution in [1.29, 1.82) is 0 Å². The predicted octanol–water partition coefficient (Wildman–Crippen LogP) is 1.14. The summed E-state index contributed by atoms with van der Waals surface area (Å²) in [6.45, 7) is 0.405. The van der Waals surface area contributed by atoms with Gasteiger partial charge in [0.1, 0.15) is 5.82 Å². The molecule has 17 heavy (non-hydrogen) atoms. The second-order valence-corrected chi connectivity index (χ2v) is 4.38. The average molecular weight is 259 g/mol. The first-order chi connectivity index (χ1) is 8.06. The van der Waals surface area contributed by atoms with Gasteiger partial charge >= 0.3 is 0 Å². The first-order valence-electron chi connectivity index (χ1n) is 5.23. The van der Waals surface area contributed by atoms with Crippen molar-refractivity contribution in [3.63, 3.8) is 0 Å². The third-order valence-corrected chi connectivity index (χ3v) is 2.90. The molecular weight excluding hydrogens is 247 g/mol. The highest BCUT2D eigenvalue weighted by Gasteiger charge is 2.27. The summed E-state index contributed by atoms with van der Waals surface area (Å²) in [5, 5.41) is 14.7. The van der Waals surface area contributed by atoms with Gasteiger partial charge in [0.15, 0.2) is 0 Å². The Morgan fingerprint density at radius 3 is 2.94 bits per heavy atom. The van der Waals surface area contributed by atoms with Crippen molar-refractivity contribution in [3.8, 4) is 0 Å². The first kappa shape index (κ1) is 12.3. The van der Waals surface area contributed by atoms with Gasteiger partial charge in [-0.3, -0.25) is 4.79 Å². The summed E-state index contributed by atoms with van der Waals surface area (Å²) in [7, 11) is 0. The molecule has 0 unspecified atom stereocenters. The van der Waals surface area contributed by atoms with Crippen molar-refractivity contribution in [2.75, 3.05) is 11.9 Å². The number of amides is 1. The molecule has 92 valence electrons. The Morgan fingerprint density at radius 2 is 2.35 bits per heavy atom. The van der Waals surface area contributed by atoms with Crippen LogP contribution >= 0.6 is 11.6 Å². The molecular formula is C11H12ClFN2O2. The molecule has 2 rings (SSSR count). The number of halogens is 2. The number of rotatable bonds is 2. The number of aliphatic hydroxyl groups excluding tert-OH is 1. The van der Waals surface area contributed by atoms with Crippen LogP contribution in [0.2, 0.25) is 5.02 Å². The molecule has 1 heterocycles. The molecule has 1 aliphatic rings. The topological polar surface area (TPSA) is 61.4 Å². The van der Waals surface area contributed by atoms with Gasteiger partial charge in [0, 0.05) is 12.2 Å². The summed E-state index contributed by atoms with van der Waals surface area (Å²) in [6, 6.07) is 3.55. The van der Waals surface area contributed by atoms with E-state index < -0.39 is 18.0 Å². The molecule has 0 saturated carbocycles. The van der Waals surface area contributed by atoms with Gasteiger partial charge in [-0.2, -0.15) is 0 Å². The van der Waals surface area contributed by atoms with Crippen LogP contribution in [-0.2, 0) is 4.79 Å². The third-order valence-electron chi connectivity index (χ3n) is 2.61. The molecule has 1 aromatic rings. The number of hydrogen-bond donors (Lipinski definition) is 3. The summed E-state index contributed by atoms with van der Waals surface area (Å²) >= 11 is 5.60. The molecule has 0 aliphatic carbocycles. The number of aliphatic hydroxyl groups is 1. The molecule has 1 aromatic carbocycles. The minimum Gasteiger partial charge on any atom is -0.392 e. The maximum absolute atomic E-state index is 12.9. The van der Waals surface area contributed by atoms with Gasteiger partial charge in [-0.05, 0) is 24.6 Å². The molecule has 1 fully saturated rings. The van der Waals surface area contributed by atoms with Gasteiger partial charge in [-0.15, -0.1) is 0 Å². The third kappa shape index (κ3) is 2.94. The van der Waals surface area contributed by atoms with Crippen LogP contribution in [0.15, 0.2) is 18.2 Å². The highest BCUT2D eigenvalue weighted by atomic mass is 35.5. The Bertz CT molecular complexity index is 441. The number of anilines is 1. The second kappa shape index (κ2) is 5.00. The van der Waals surface area contributed by atoms with E-state index in [1.807, 2.05) is 0 Å². The maximum atomic E-state index is 12.9.